The Morgan fingerprint density at radius 3 is 2.82 bits per heavy atom. The van der Waals surface area contributed by atoms with Crippen LogP contribution in [-0.2, 0) is 4.79 Å². The molecule has 94 valence electrons. The summed E-state index contributed by atoms with van der Waals surface area (Å²) in [5, 5.41) is 2.86. The molecule has 1 amide bonds. The molecule has 0 heterocycles. The summed E-state index contributed by atoms with van der Waals surface area (Å²) in [4.78, 5) is 11.6. The number of hydrogen-bond donors (Lipinski definition) is 2. The van der Waals surface area contributed by atoms with E-state index in [-0.39, 0.29) is 11.4 Å². The fourth-order valence-corrected chi connectivity index (χ4v) is 2.60. The molecule has 0 aliphatic rings. The minimum atomic E-state index is -0.229. The van der Waals surface area contributed by atoms with Crippen molar-refractivity contribution in [3.05, 3.63) is 27.8 Å². The normalized spacial score (nSPS) is 11.3. The van der Waals surface area contributed by atoms with Crippen molar-refractivity contribution in [3.8, 4) is 0 Å². The molecular weight excluding hydrogens is 347 g/mol. The van der Waals surface area contributed by atoms with Crippen molar-refractivity contribution in [1.29, 1.82) is 0 Å². The van der Waals surface area contributed by atoms with Crippen LogP contribution in [-0.4, -0.2) is 23.0 Å². The van der Waals surface area contributed by atoms with Gasteiger partial charge in [-0.1, -0.05) is 6.07 Å². The molecule has 0 aliphatic heterocycles. The molecule has 5 heteroatoms. The van der Waals surface area contributed by atoms with Gasteiger partial charge >= 0.3 is 0 Å². The van der Waals surface area contributed by atoms with E-state index in [1.807, 2.05) is 38.1 Å². The summed E-state index contributed by atoms with van der Waals surface area (Å²) in [6.45, 7) is 3.91. The van der Waals surface area contributed by atoms with Crippen molar-refractivity contribution >= 4 is 45.9 Å². The van der Waals surface area contributed by atoms with E-state index in [0.717, 1.165) is 15.0 Å². The standard InChI is InChI=1S/C12H17IN2OS/c1-12(2,14)8-17-7-11(16)15-10-5-3-4-9(13)6-10/h3-6H,7-8,14H2,1-2H3,(H,15,16). The summed E-state index contributed by atoms with van der Waals surface area (Å²) in [6.07, 6.45) is 0. The van der Waals surface area contributed by atoms with E-state index in [1.54, 1.807) is 11.8 Å². The van der Waals surface area contributed by atoms with Gasteiger partial charge < -0.3 is 11.1 Å². The van der Waals surface area contributed by atoms with Crippen LogP contribution in [0.3, 0.4) is 0 Å². The van der Waals surface area contributed by atoms with Crippen LogP contribution in [0.1, 0.15) is 13.8 Å². The van der Waals surface area contributed by atoms with Crippen LogP contribution in [0.25, 0.3) is 0 Å². The highest BCUT2D eigenvalue weighted by molar-refractivity contribution is 14.1. The van der Waals surface area contributed by atoms with Crippen molar-refractivity contribution < 1.29 is 4.79 Å². The van der Waals surface area contributed by atoms with Gasteiger partial charge in [-0.3, -0.25) is 4.79 Å². The van der Waals surface area contributed by atoms with Gasteiger partial charge in [0.15, 0.2) is 0 Å². The van der Waals surface area contributed by atoms with Gasteiger partial charge in [-0.25, -0.2) is 0 Å². The molecule has 1 rings (SSSR count). The van der Waals surface area contributed by atoms with Crippen molar-refractivity contribution in [2.24, 2.45) is 5.73 Å². The van der Waals surface area contributed by atoms with Crippen LogP contribution in [0.5, 0.6) is 0 Å². The maximum atomic E-state index is 11.6. The summed E-state index contributed by atoms with van der Waals surface area (Å²) >= 11 is 3.77. The van der Waals surface area contributed by atoms with Gasteiger partial charge in [0.05, 0.1) is 5.75 Å². The minimum absolute atomic E-state index is 0.0150. The smallest absolute Gasteiger partial charge is 0.234 e. The molecule has 3 nitrogen and oxygen atoms in total. The third kappa shape index (κ3) is 6.90. The summed E-state index contributed by atoms with van der Waals surface area (Å²) < 4.78 is 1.11. The second kappa shape index (κ2) is 6.61. The lowest BCUT2D eigenvalue weighted by atomic mass is 10.1. The van der Waals surface area contributed by atoms with Crippen LogP contribution >= 0.6 is 34.4 Å². The quantitative estimate of drug-likeness (QED) is 0.790. The molecule has 0 radical (unpaired) electrons. The van der Waals surface area contributed by atoms with E-state index in [0.29, 0.717) is 5.75 Å². The highest BCUT2D eigenvalue weighted by Gasteiger charge is 2.11. The number of rotatable bonds is 5. The Bertz CT molecular complexity index is 390. The van der Waals surface area contributed by atoms with E-state index in [1.165, 1.54) is 0 Å². The number of amides is 1. The van der Waals surface area contributed by atoms with Gasteiger partial charge in [0.2, 0.25) is 5.91 Å². The number of nitrogens with two attached hydrogens (primary N) is 1. The fraction of sp³-hybridized carbons (Fsp3) is 0.417. The van der Waals surface area contributed by atoms with Gasteiger partial charge in [0.25, 0.3) is 0 Å². The summed E-state index contributed by atoms with van der Waals surface area (Å²) in [5.41, 5.74) is 6.45. The number of nitrogens with one attached hydrogen (secondary N) is 1. The molecule has 17 heavy (non-hydrogen) atoms. The SMILES string of the molecule is CC(C)(N)CSCC(=O)Nc1cccc(I)c1. The molecule has 0 saturated carbocycles. The Hall–Kier alpha value is -0.270. The lowest BCUT2D eigenvalue weighted by Crippen LogP contribution is -2.35. The van der Waals surface area contributed by atoms with Crippen LogP contribution in [0.4, 0.5) is 5.69 Å². The molecule has 0 aromatic heterocycles. The number of anilines is 1. The average molecular weight is 364 g/mol. The second-order valence-corrected chi connectivity index (χ2v) is 6.77. The predicted molar refractivity (Wildman–Crippen MR) is 83.4 cm³/mol. The zero-order valence-corrected chi connectivity index (χ0v) is 13.0. The molecule has 0 saturated heterocycles. The Balaban J connectivity index is 2.35. The Morgan fingerprint density at radius 1 is 1.53 bits per heavy atom. The average Bonchev–Trinajstić information content (AvgIpc) is 2.15. The van der Waals surface area contributed by atoms with Crippen LogP contribution in [0.2, 0.25) is 0 Å². The fourth-order valence-electron chi connectivity index (χ4n) is 1.17. The highest BCUT2D eigenvalue weighted by Crippen LogP contribution is 2.14. The molecule has 1 aromatic rings. The van der Waals surface area contributed by atoms with E-state index >= 15 is 0 Å². The first-order valence-corrected chi connectivity index (χ1v) is 7.52. The molecule has 0 bridgehead atoms. The third-order valence-corrected chi connectivity index (χ3v) is 3.90. The largest absolute Gasteiger partial charge is 0.325 e. The first-order chi connectivity index (χ1) is 7.87. The summed E-state index contributed by atoms with van der Waals surface area (Å²) in [7, 11) is 0. The van der Waals surface area contributed by atoms with Crippen LogP contribution < -0.4 is 11.1 Å². The minimum Gasteiger partial charge on any atom is -0.325 e. The zero-order valence-electron chi connectivity index (χ0n) is 10.00. The van der Waals surface area contributed by atoms with E-state index < -0.39 is 0 Å². The van der Waals surface area contributed by atoms with Crippen LogP contribution in [0, 0.1) is 3.57 Å². The first-order valence-electron chi connectivity index (χ1n) is 5.29. The van der Waals surface area contributed by atoms with Gasteiger partial charge in [0.1, 0.15) is 0 Å². The van der Waals surface area contributed by atoms with Gasteiger partial charge in [-0.2, -0.15) is 11.8 Å². The van der Waals surface area contributed by atoms with E-state index in [4.69, 9.17) is 5.73 Å². The van der Waals surface area contributed by atoms with Crippen molar-refractivity contribution in [2.45, 2.75) is 19.4 Å². The zero-order chi connectivity index (χ0) is 12.9. The maximum absolute atomic E-state index is 11.6. The number of halogens is 1. The molecule has 0 spiro atoms. The first kappa shape index (κ1) is 14.8. The van der Waals surface area contributed by atoms with Gasteiger partial charge in [-0.05, 0) is 54.6 Å². The number of thioether (sulfide) groups is 1. The topological polar surface area (TPSA) is 55.1 Å². The number of carbonyl (C=O) groups excluding carboxylic acids is 1. The molecule has 0 unspecified atom stereocenters. The molecule has 0 aliphatic carbocycles. The number of benzene rings is 1. The third-order valence-electron chi connectivity index (χ3n) is 1.82. The Labute approximate surface area is 120 Å². The van der Waals surface area contributed by atoms with Crippen molar-refractivity contribution in [2.75, 3.05) is 16.8 Å². The molecular formula is C12H17IN2OS. The molecule has 1 aromatic carbocycles. The van der Waals surface area contributed by atoms with Crippen molar-refractivity contribution in [3.63, 3.8) is 0 Å². The van der Waals surface area contributed by atoms with Gasteiger partial charge in [0, 0.05) is 20.5 Å². The lowest BCUT2D eigenvalue weighted by molar-refractivity contribution is -0.113. The predicted octanol–water partition coefficient (Wildman–Crippen LogP) is 2.70. The summed E-state index contributed by atoms with van der Waals surface area (Å²) in [6, 6.07) is 7.74. The monoisotopic (exact) mass is 364 g/mol. The Morgan fingerprint density at radius 2 is 2.24 bits per heavy atom. The van der Waals surface area contributed by atoms with Crippen LogP contribution in [0.15, 0.2) is 24.3 Å². The highest BCUT2D eigenvalue weighted by atomic mass is 127. The second-order valence-electron chi connectivity index (χ2n) is 4.54. The number of carbonyl (C=O) groups is 1. The van der Waals surface area contributed by atoms with E-state index in [9.17, 15) is 4.79 Å². The van der Waals surface area contributed by atoms with Crippen molar-refractivity contribution in [1.82, 2.24) is 0 Å². The lowest BCUT2D eigenvalue weighted by Gasteiger charge is -2.17. The molecule has 3 N–H and O–H groups in total. The van der Waals surface area contributed by atoms with E-state index in [2.05, 4.69) is 27.9 Å². The van der Waals surface area contributed by atoms with Gasteiger partial charge in [-0.15, -0.1) is 0 Å². The number of hydrogen-bond acceptors (Lipinski definition) is 3. The maximum Gasteiger partial charge on any atom is 0.234 e. The summed E-state index contributed by atoms with van der Waals surface area (Å²) in [5.74, 6) is 1.22. The molecule has 0 atom stereocenters. The molecule has 0 fully saturated rings. The Kier molecular flexibility index (Phi) is 5.75.